The van der Waals surface area contributed by atoms with Crippen LogP contribution in [0.3, 0.4) is 0 Å². The van der Waals surface area contributed by atoms with E-state index in [1.807, 2.05) is 48.2 Å². The molecule has 4 rings (SSSR count). The quantitative estimate of drug-likeness (QED) is 0.551. The molecule has 1 saturated heterocycles. The van der Waals surface area contributed by atoms with E-state index in [0.29, 0.717) is 42.9 Å². The molecule has 2 aromatic rings. The fourth-order valence-electron chi connectivity index (χ4n) is 4.22. The van der Waals surface area contributed by atoms with Crippen molar-refractivity contribution >= 4 is 35.1 Å². The molecule has 0 spiro atoms. The largest absolute Gasteiger partial charge is 0.490 e. The second-order valence-electron chi connectivity index (χ2n) is 8.63. The molecule has 0 radical (unpaired) electrons. The highest BCUT2D eigenvalue weighted by atomic mass is 35.5. The maximum atomic E-state index is 13.2. The third-order valence-corrected chi connectivity index (χ3v) is 6.49. The van der Waals surface area contributed by atoms with Crippen LogP contribution in [-0.2, 0) is 32.1 Å². The normalized spacial score (nSPS) is 21.5. The van der Waals surface area contributed by atoms with Gasteiger partial charge in [0.1, 0.15) is 6.10 Å². The number of alkyl halides is 3. The number of morpholine rings is 1. The Hall–Kier alpha value is -2.37. The molecule has 1 amide bonds. The molecule has 0 aromatic heterocycles. The van der Waals surface area contributed by atoms with Gasteiger partial charge >= 0.3 is 12.1 Å². The van der Waals surface area contributed by atoms with Crippen molar-refractivity contribution in [3.05, 3.63) is 69.2 Å². The predicted molar refractivity (Wildman–Crippen MR) is 132 cm³/mol. The van der Waals surface area contributed by atoms with Crippen molar-refractivity contribution in [2.75, 3.05) is 26.2 Å². The van der Waals surface area contributed by atoms with Crippen LogP contribution in [0.4, 0.5) is 13.2 Å². The molecule has 7 nitrogen and oxygen atoms in total. The maximum absolute atomic E-state index is 13.2. The first-order valence-electron chi connectivity index (χ1n) is 11.5. The molecule has 2 heterocycles. The first-order chi connectivity index (χ1) is 17.5. The average molecular weight is 563 g/mol. The van der Waals surface area contributed by atoms with Gasteiger partial charge in [0.15, 0.2) is 0 Å². The molecular formula is C25H27Cl2F3N2O5. The molecule has 2 aliphatic heterocycles. The van der Waals surface area contributed by atoms with Gasteiger partial charge in [-0.05, 0) is 42.2 Å². The summed E-state index contributed by atoms with van der Waals surface area (Å²) in [5.41, 5.74) is 3.21. The minimum Gasteiger partial charge on any atom is -0.475 e. The number of benzene rings is 2. The molecule has 12 heteroatoms. The van der Waals surface area contributed by atoms with Crippen LogP contribution in [0.5, 0.6) is 0 Å². The summed E-state index contributed by atoms with van der Waals surface area (Å²) in [5, 5.41) is 11.7. The van der Waals surface area contributed by atoms with Crippen molar-refractivity contribution in [2.24, 2.45) is 0 Å². The van der Waals surface area contributed by atoms with Crippen LogP contribution < -0.4 is 5.32 Å². The predicted octanol–water partition coefficient (Wildman–Crippen LogP) is 4.65. The first-order valence-corrected chi connectivity index (χ1v) is 12.3. The number of nitrogens with one attached hydrogen (secondary N) is 1. The summed E-state index contributed by atoms with van der Waals surface area (Å²) in [5.74, 6) is -2.77. The maximum Gasteiger partial charge on any atom is 0.490 e. The van der Waals surface area contributed by atoms with Crippen molar-refractivity contribution in [3.8, 4) is 0 Å². The third-order valence-electron chi connectivity index (χ3n) is 5.96. The van der Waals surface area contributed by atoms with Crippen molar-refractivity contribution in [1.29, 1.82) is 0 Å². The number of nitrogens with zero attached hydrogens (tertiary/aromatic N) is 1. The zero-order chi connectivity index (χ0) is 27.2. The number of carbonyl (C=O) groups is 2. The van der Waals surface area contributed by atoms with E-state index in [0.717, 1.165) is 23.1 Å². The van der Waals surface area contributed by atoms with Crippen LogP contribution in [0.25, 0.3) is 0 Å². The van der Waals surface area contributed by atoms with Crippen molar-refractivity contribution in [1.82, 2.24) is 10.2 Å². The molecule has 2 N–H and O–H groups in total. The second kappa shape index (κ2) is 12.9. The van der Waals surface area contributed by atoms with Gasteiger partial charge in [-0.25, -0.2) is 4.79 Å². The zero-order valence-electron chi connectivity index (χ0n) is 19.9. The molecule has 0 aliphatic carbocycles. The highest BCUT2D eigenvalue weighted by Crippen LogP contribution is 2.37. The number of carbonyl (C=O) groups excluding carboxylic acids is 1. The summed E-state index contributed by atoms with van der Waals surface area (Å²) >= 11 is 12.6. The van der Waals surface area contributed by atoms with E-state index in [-0.39, 0.29) is 18.1 Å². The zero-order valence-corrected chi connectivity index (χ0v) is 21.4. The van der Waals surface area contributed by atoms with Crippen LogP contribution in [0.2, 0.25) is 10.0 Å². The van der Waals surface area contributed by atoms with Gasteiger partial charge in [-0.2, -0.15) is 13.2 Å². The number of aliphatic carboxylic acids is 1. The van der Waals surface area contributed by atoms with E-state index in [1.165, 1.54) is 0 Å². The van der Waals surface area contributed by atoms with Crippen molar-refractivity contribution < 1.29 is 37.3 Å². The minimum absolute atomic E-state index is 0.0144. The Morgan fingerprint density at radius 3 is 2.51 bits per heavy atom. The van der Waals surface area contributed by atoms with E-state index < -0.39 is 18.2 Å². The molecule has 2 aliphatic rings. The first kappa shape index (κ1) is 29.2. The van der Waals surface area contributed by atoms with Gasteiger partial charge in [0, 0.05) is 29.7 Å². The molecule has 1 fully saturated rings. The topological polar surface area (TPSA) is 88.1 Å². The molecule has 2 aromatic carbocycles. The fourth-order valence-corrected chi connectivity index (χ4v) is 4.91. The van der Waals surface area contributed by atoms with Gasteiger partial charge in [0.05, 0.1) is 25.4 Å². The van der Waals surface area contributed by atoms with Crippen LogP contribution in [-0.4, -0.2) is 66.5 Å². The summed E-state index contributed by atoms with van der Waals surface area (Å²) < 4.78 is 43.6. The summed E-state index contributed by atoms with van der Waals surface area (Å²) in [4.78, 5) is 24.0. The Labute approximate surface area is 222 Å². The lowest BCUT2D eigenvalue weighted by atomic mass is 9.93. The van der Waals surface area contributed by atoms with Gasteiger partial charge in [0.25, 0.3) is 5.91 Å². The standard InChI is InChI=1S/C23H26Cl2N2O3.C2HF3O2/c1-15-22-17(9-18(24)10-20(22)25)7-8-27(15)23(28)21-12-26-11-19(30-21)14-29-13-16-5-3-2-4-6-16;3-2(4,5)1(6)7/h2-6,9-10,15,19,21,26H,7-8,11-14H2,1H3;(H,6,7)/t15-,19-,21+;/m0./s1. The van der Waals surface area contributed by atoms with Gasteiger partial charge < -0.3 is 24.8 Å². The Morgan fingerprint density at radius 2 is 1.86 bits per heavy atom. The Morgan fingerprint density at radius 1 is 1.19 bits per heavy atom. The molecular weight excluding hydrogens is 536 g/mol. The number of hydrogen-bond donors (Lipinski definition) is 2. The smallest absolute Gasteiger partial charge is 0.475 e. The highest BCUT2D eigenvalue weighted by Gasteiger charge is 2.38. The summed E-state index contributed by atoms with van der Waals surface area (Å²) in [6, 6.07) is 13.6. The van der Waals surface area contributed by atoms with Crippen molar-refractivity contribution in [3.63, 3.8) is 0 Å². The second-order valence-corrected chi connectivity index (χ2v) is 9.47. The molecule has 202 valence electrons. The molecule has 0 unspecified atom stereocenters. The lowest BCUT2D eigenvalue weighted by molar-refractivity contribution is -0.192. The number of carboxylic acids is 1. The Bertz CT molecular complexity index is 1090. The van der Waals surface area contributed by atoms with Gasteiger partial charge in [0.2, 0.25) is 0 Å². The number of halogens is 5. The SMILES string of the molecule is C[C@H]1c2c(Cl)cc(Cl)cc2CCN1C(=O)[C@H]1CNC[C@@H](COCc2ccccc2)O1.O=C(O)C(F)(F)F. The number of rotatable bonds is 5. The number of hydrogen-bond acceptors (Lipinski definition) is 5. The summed E-state index contributed by atoms with van der Waals surface area (Å²) in [6.07, 6.45) is -5.04. The van der Waals surface area contributed by atoms with Crippen molar-refractivity contribution in [2.45, 2.75) is 44.4 Å². The molecule has 0 bridgehead atoms. The number of amides is 1. The van der Waals surface area contributed by atoms with E-state index in [4.69, 9.17) is 42.6 Å². The highest BCUT2D eigenvalue weighted by molar-refractivity contribution is 6.35. The van der Waals surface area contributed by atoms with E-state index >= 15 is 0 Å². The van der Waals surface area contributed by atoms with Crippen LogP contribution in [0.1, 0.15) is 29.7 Å². The van der Waals surface area contributed by atoms with E-state index in [9.17, 15) is 18.0 Å². The molecule has 37 heavy (non-hydrogen) atoms. The lowest BCUT2D eigenvalue weighted by Crippen LogP contribution is -2.54. The summed E-state index contributed by atoms with van der Waals surface area (Å²) in [7, 11) is 0. The van der Waals surface area contributed by atoms with E-state index in [1.54, 1.807) is 6.07 Å². The van der Waals surface area contributed by atoms with Crippen LogP contribution in [0, 0.1) is 0 Å². The Kier molecular flexibility index (Phi) is 10.2. The molecule has 3 atom stereocenters. The van der Waals surface area contributed by atoms with Gasteiger partial charge in [-0.3, -0.25) is 4.79 Å². The van der Waals surface area contributed by atoms with Gasteiger partial charge in [-0.15, -0.1) is 0 Å². The monoisotopic (exact) mass is 562 g/mol. The lowest BCUT2D eigenvalue weighted by Gasteiger charge is -2.39. The van der Waals surface area contributed by atoms with Gasteiger partial charge in [-0.1, -0.05) is 53.5 Å². The third kappa shape index (κ3) is 8.05. The molecule has 0 saturated carbocycles. The van der Waals surface area contributed by atoms with Crippen LogP contribution in [0.15, 0.2) is 42.5 Å². The van der Waals surface area contributed by atoms with E-state index in [2.05, 4.69) is 5.32 Å². The minimum atomic E-state index is -5.08. The van der Waals surface area contributed by atoms with Crippen LogP contribution >= 0.6 is 23.2 Å². The average Bonchev–Trinajstić information content (AvgIpc) is 2.84. The number of ether oxygens (including phenoxy) is 2. The number of fused-ring (bicyclic) bond motifs is 1. The summed E-state index contributed by atoms with van der Waals surface area (Å²) in [6.45, 7) is 4.76. The fraction of sp³-hybridized carbons (Fsp3) is 0.440. The Balaban J connectivity index is 0.000000479. The number of carboxylic acid groups (broad SMARTS) is 1.